The lowest BCUT2D eigenvalue weighted by Gasteiger charge is -2.40. The summed E-state index contributed by atoms with van der Waals surface area (Å²) >= 11 is 4.29. The molecule has 1 saturated heterocycles. The van der Waals surface area contributed by atoms with Gasteiger partial charge in [0.05, 0.1) is 0 Å². The van der Waals surface area contributed by atoms with E-state index in [4.69, 9.17) is 5.73 Å². The molecule has 0 bridgehead atoms. The highest BCUT2D eigenvalue weighted by Crippen LogP contribution is 2.18. The lowest BCUT2D eigenvalue weighted by molar-refractivity contribution is 0.101. The Morgan fingerprint density at radius 2 is 2.33 bits per heavy atom. The fourth-order valence-corrected chi connectivity index (χ4v) is 1.25. The van der Waals surface area contributed by atoms with Crippen LogP contribution in [0.25, 0.3) is 0 Å². The molecule has 1 heterocycles. The van der Waals surface area contributed by atoms with E-state index in [0.717, 1.165) is 25.6 Å². The molecule has 0 aromatic heterocycles. The maximum absolute atomic E-state index is 5.44. The molecule has 1 fully saturated rings. The molecule has 54 valence electrons. The first kappa shape index (κ1) is 7.38. The van der Waals surface area contributed by atoms with E-state index in [1.165, 1.54) is 0 Å². The Balaban J connectivity index is 2.12. The third-order valence-electron chi connectivity index (χ3n) is 1.85. The standard InChI is InChI=1S/C6H14N2S/c1-5(9)8-3-6(2-7)4-8/h5-6,9H,2-4,7H2,1H3. The van der Waals surface area contributed by atoms with E-state index in [-0.39, 0.29) is 0 Å². The van der Waals surface area contributed by atoms with E-state index in [1.54, 1.807) is 0 Å². The summed E-state index contributed by atoms with van der Waals surface area (Å²) in [7, 11) is 0. The molecular weight excluding hydrogens is 132 g/mol. The van der Waals surface area contributed by atoms with Gasteiger partial charge in [0.1, 0.15) is 0 Å². The maximum atomic E-state index is 5.44. The highest BCUT2D eigenvalue weighted by molar-refractivity contribution is 7.80. The van der Waals surface area contributed by atoms with E-state index < -0.39 is 0 Å². The molecule has 0 spiro atoms. The van der Waals surface area contributed by atoms with E-state index in [2.05, 4.69) is 24.5 Å². The Labute approximate surface area is 61.8 Å². The molecular formula is C6H14N2S. The van der Waals surface area contributed by atoms with Crippen LogP contribution in [0.5, 0.6) is 0 Å². The van der Waals surface area contributed by atoms with E-state index in [1.807, 2.05) is 0 Å². The lowest BCUT2D eigenvalue weighted by Crippen LogP contribution is -2.52. The van der Waals surface area contributed by atoms with Gasteiger partial charge in [0, 0.05) is 18.5 Å². The predicted molar refractivity (Wildman–Crippen MR) is 42.6 cm³/mol. The van der Waals surface area contributed by atoms with Crippen LogP contribution in [0.3, 0.4) is 0 Å². The second kappa shape index (κ2) is 2.90. The van der Waals surface area contributed by atoms with Crippen molar-refractivity contribution in [2.45, 2.75) is 12.3 Å². The van der Waals surface area contributed by atoms with Crippen molar-refractivity contribution in [2.24, 2.45) is 11.7 Å². The number of hydrogen-bond donors (Lipinski definition) is 2. The smallest absolute Gasteiger partial charge is 0.0499 e. The molecule has 0 amide bonds. The van der Waals surface area contributed by atoms with Gasteiger partial charge in [-0.25, -0.2) is 0 Å². The summed E-state index contributed by atoms with van der Waals surface area (Å²) in [6.45, 7) is 5.20. The average Bonchev–Trinajstić information content (AvgIpc) is 1.61. The van der Waals surface area contributed by atoms with Crippen molar-refractivity contribution in [3.05, 3.63) is 0 Å². The molecule has 0 aromatic carbocycles. The van der Waals surface area contributed by atoms with Gasteiger partial charge in [-0.1, -0.05) is 0 Å². The van der Waals surface area contributed by atoms with Crippen LogP contribution in [0.4, 0.5) is 0 Å². The molecule has 1 aliphatic heterocycles. The average molecular weight is 146 g/mol. The van der Waals surface area contributed by atoms with Gasteiger partial charge < -0.3 is 5.73 Å². The van der Waals surface area contributed by atoms with Gasteiger partial charge in [0.25, 0.3) is 0 Å². The summed E-state index contributed by atoms with van der Waals surface area (Å²) in [5.41, 5.74) is 5.44. The molecule has 1 atom stereocenters. The van der Waals surface area contributed by atoms with Crippen LogP contribution < -0.4 is 5.73 Å². The Morgan fingerprint density at radius 3 is 2.67 bits per heavy atom. The zero-order chi connectivity index (χ0) is 6.85. The molecule has 1 rings (SSSR count). The van der Waals surface area contributed by atoms with Crippen molar-refractivity contribution in [2.75, 3.05) is 19.6 Å². The van der Waals surface area contributed by atoms with E-state index in [0.29, 0.717) is 5.37 Å². The second-order valence-electron chi connectivity index (χ2n) is 2.69. The van der Waals surface area contributed by atoms with Gasteiger partial charge >= 0.3 is 0 Å². The van der Waals surface area contributed by atoms with Gasteiger partial charge in [-0.05, 0) is 19.4 Å². The fraction of sp³-hybridized carbons (Fsp3) is 1.00. The molecule has 0 aromatic rings. The predicted octanol–water partition coefficient (Wildman–Crippen LogP) is 0.153. The summed E-state index contributed by atoms with van der Waals surface area (Å²) in [6.07, 6.45) is 0. The lowest BCUT2D eigenvalue weighted by atomic mass is 10.0. The summed E-state index contributed by atoms with van der Waals surface area (Å²) in [6, 6.07) is 0. The number of rotatable bonds is 2. The summed E-state index contributed by atoms with van der Waals surface area (Å²) in [4.78, 5) is 2.31. The molecule has 2 N–H and O–H groups in total. The van der Waals surface area contributed by atoms with Gasteiger partial charge in [-0.2, -0.15) is 12.6 Å². The van der Waals surface area contributed by atoms with Crippen LogP contribution in [0.2, 0.25) is 0 Å². The monoisotopic (exact) mass is 146 g/mol. The van der Waals surface area contributed by atoms with Gasteiger partial charge in [-0.3, -0.25) is 4.90 Å². The number of thiol groups is 1. The zero-order valence-corrected chi connectivity index (χ0v) is 6.64. The minimum absolute atomic E-state index is 0.410. The quantitative estimate of drug-likeness (QED) is 0.543. The van der Waals surface area contributed by atoms with Gasteiger partial charge in [0.2, 0.25) is 0 Å². The van der Waals surface area contributed by atoms with Crippen LogP contribution in [0, 0.1) is 5.92 Å². The Bertz CT molecular complexity index is 89.1. The minimum Gasteiger partial charge on any atom is -0.330 e. The number of hydrogen-bond acceptors (Lipinski definition) is 3. The molecule has 0 saturated carbocycles. The normalized spacial score (nSPS) is 25.7. The van der Waals surface area contributed by atoms with Crippen molar-refractivity contribution in [3.8, 4) is 0 Å². The fourth-order valence-electron chi connectivity index (χ4n) is 1.06. The summed E-state index contributed by atoms with van der Waals surface area (Å²) in [5, 5.41) is 0.410. The van der Waals surface area contributed by atoms with E-state index >= 15 is 0 Å². The Kier molecular flexibility index (Phi) is 2.38. The van der Waals surface area contributed by atoms with Crippen LogP contribution >= 0.6 is 12.6 Å². The highest BCUT2D eigenvalue weighted by Gasteiger charge is 2.26. The largest absolute Gasteiger partial charge is 0.330 e. The molecule has 0 radical (unpaired) electrons. The molecule has 1 aliphatic rings. The number of likely N-dealkylation sites (tertiary alicyclic amines) is 1. The molecule has 3 heteroatoms. The van der Waals surface area contributed by atoms with Crippen molar-refractivity contribution in [1.29, 1.82) is 0 Å². The van der Waals surface area contributed by atoms with Crippen molar-refractivity contribution < 1.29 is 0 Å². The van der Waals surface area contributed by atoms with E-state index in [9.17, 15) is 0 Å². The first-order chi connectivity index (χ1) is 4.24. The summed E-state index contributed by atoms with van der Waals surface area (Å²) < 4.78 is 0. The van der Waals surface area contributed by atoms with Crippen molar-refractivity contribution >= 4 is 12.6 Å². The third-order valence-corrected chi connectivity index (χ3v) is 2.17. The molecule has 0 aliphatic carbocycles. The molecule has 2 nitrogen and oxygen atoms in total. The van der Waals surface area contributed by atoms with Crippen LogP contribution in [-0.2, 0) is 0 Å². The number of nitrogens with two attached hydrogens (primary N) is 1. The SMILES string of the molecule is CC(S)N1CC(CN)C1. The first-order valence-electron chi connectivity index (χ1n) is 3.36. The van der Waals surface area contributed by atoms with Gasteiger partial charge in [-0.15, -0.1) is 0 Å². The Morgan fingerprint density at radius 1 is 1.78 bits per heavy atom. The van der Waals surface area contributed by atoms with Gasteiger partial charge in [0.15, 0.2) is 0 Å². The van der Waals surface area contributed by atoms with Crippen molar-refractivity contribution in [3.63, 3.8) is 0 Å². The third kappa shape index (κ3) is 1.60. The first-order valence-corrected chi connectivity index (χ1v) is 3.88. The van der Waals surface area contributed by atoms with Crippen LogP contribution in [0.1, 0.15) is 6.92 Å². The number of nitrogens with zero attached hydrogens (tertiary/aromatic N) is 1. The van der Waals surface area contributed by atoms with Crippen molar-refractivity contribution in [1.82, 2.24) is 4.90 Å². The zero-order valence-electron chi connectivity index (χ0n) is 5.75. The minimum atomic E-state index is 0.410. The molecule has 9 heavy (non-hydrogen) atoms. The van der Waals surface area contributed by atoms with Crippen LogP contribution in [0.15, 0.2) is 0 Å². The summed E-state index contributed by atoms with van der Waals surface area (Å²) in [5.74, 6) is 0.736. The Hall–Kier alpha value is 0.270. The maximum Gasteiger partial charge on any atom is 0.0499 e. The second-order valence-corrected chi connectivity index (χ2v) is 3.43. The topological polar surface area (TPSA) is 29.3 Å². The molecule has 1 unspecified atom stereocenters. The highest BCUT2D eigenvalue weighted by atomic mass is 32.1. The van der Waals surface area contributed by atoms with Crippen LogP contribution in [-0.4, -0.2) is 29.9 Å².